The van der Waals surface area contributed by atoms with Crippen molar-refractivity contribution < 1.29 is 9.53 Å². The molecule has 0 aliphatic heterocycles. The Labute approximate surface area is 119 Å². The Balaban J connectivity index is 1.86. The van der Waals surface area contributed by atoms with E-state index in [2.05, 4.69) is 29.4 Å². The number of ether oxygens (including phenoxy) is 1. The summed E-state index contributed by atoms with van der Waals surface area (Å²) in [6.07, 6.45) is 4.62. The Bertz CT molecular complexity index is 649. The summed E-state index contributed by atoms with van der Waals surface area (Å²) in [6.45, 7) is 5.74. The highest BCUT2D eigenvalue weighted by atomic mass is 16.6. The third-order valence-electron chi connectivity index (χ3n) is 3.85. The number of aromatic amines is 1. The van der Waals surface area contributed by atoms with Crippen LogP contribution in [-0.4, -0.2) is 16.6 Å². The zero-order chi connectivity index (χ0) is 14.3. The highest BCUT2D eigenvalue weighted by Gasteiger charge is 2.26. The molecule has 3 nitrogen and oxygen atoms in total. The highest BCUT2D eigenvalue weighted by molar-refractivity contribution is 5.88. The van der Waals surface area contributed by atoms with Crippen molar-refractivity contribution in [3.8, 4) is 0 Å². The largest absolute Gasteiger partial charge is 0.460 e. The van der Waals surface area contributed by atoms with E-state index < -0.39 is 5.60 Å². The van der Waals surface area contributed by atoms with E-state index in [1.54, 1.807) is 0 Å². The number of rotatable bonds is 2. The van der Waals surface area contributed by atoms with Crippen molar-refractivity contribution in [3.63, 3.8) is 0 Å². The quantitative estimate of drug-likeness (QED) is 0.841. The molecule has 0 fully saturated rings. The molecule has 1 atom stereocenters. The van der Waals surface area contributed by atoms with E-state index in [1.165, 1.54) is 22.0 Å². The first-order valence-electron chi connectivity index (χ1n) is 7.25. The molecule has 1 aliphatic carbocycles. The Morgan fingerprint density at radius 1 is 1.40 bits per heavy atom. The van der Waals surface area contributed by atoms with Gasteiger partial charge in [-0.25, -0.2) is 0 Å². The summed E-state index contributed by atoms with van der Waals surface area (Å²) in [5.41, 5.74) is 3.43. The minimum absolute atomic E-state index is 0.0986. The van der Waals surface area contributed by atoms with E-state index in [0.29, 0.717) is 6.42 Å². The second kappa shape index (κ2) is 4.65. The normalized spacial score (nSPS) is 18.2. The molecule has 3 rings (SSSR count). The van der Waals surface area contributed by atoms with E-state index in [4.69, 9.17) is 4.74 Å². The van der Waals surface area contributed by atoms with Crippen molar-refractivity contribution in [3.05, 3.63) is 35.5 Å². The standard InChI is InChI=1S/C17H21NO2/c1-17(2,3)20-15(19)9-11-7-8-12-10-18-14-6-4-5-13(11)16(12)14/h4-6,10-11,18H,7-9H2,1-3H3. The average Bonchev–Trinajstić information content (AvgIpc) is 2.75. The van der Waals surface area contributed by atoms with Gasteiger partial charge in [0.2, 0.25) is 0 Å². The predicted molar refractivity (Wildman–Crippen MR) is 79.8 cm³/mol. The fourth-order valence-corrected chi connectivity index (χ4v) is 3.10. The van der Waals surface area contributed by atoms with E-state index in [9.17, 15) is 4.79 Å². The van der Waals surface area contributed by atoms with Crippen molar-refractivity contribution in [2.45, 2.75) is 51.6 Å². The summed E-state index contributed by atoms with van der Waals surface area (Å²) in [7, 11) is 0. The van der Waals surface area contributed by atoms with Crippen LogP contribution in [0.15, 0.2) is 24.4 Å². The van der Waals surface area contributed by atoms with Crippen molar-refractivity contribution in [1.29, 1.82) is 0 Å². The minimum Gasteiger partial charge on any atom is -0.460 e. The number of benzene rings is 1. The van der Waals surface area contributed by atoms with Crippen LogP contribution in [-0.2, 0) is 16.0 Å². The molecule has 3 heteroatoms. The SMILES string of the molecule is CC(C)(C)OC(=O)CC1CCc2c[nH]c3cccc1c23. The molecule has 1 unspecified atom stereocenters. The van der Waals surface area contributed by atoms with Gasteiger partial charge in [0.1, 0.15) is 5.60 Å². The van der Waals surface area contributed by atoms with E-state index >= 15 is 0 Å². The van der Waals surface area contributed by atoms with Crippen molar-refractivity contribution in [1.82, 2.24) is 4.98 Å². The first-order valence-corrected chi connectivity index (χ1v) is 7.25. The van der Waals surface area contributed by atoms with Crippen LogP contribution in [0.4, 0.5) is 0 Å². The Kier molecular flexibility index (Phi) is 3.08. The van der Waals surface area contributed by atoms with Crippen LogP contribution in [0.25, 0.3) is 10.9 Å². The molecule has 2 aromatic rings. The Morgan fingerprint density at radius 3 is 2.95 bits per heavy atom. The number of hydrogen-bond acceptors (Lipinski definition) is 2. The van der Waals surface area contributed by atoms with Gasteiger partial charge in [-0.2, -0.15) is 0 Å². The summed E-state index contributed by atoms with van der Waals surface area (Å²) >= 11 is 0. The fraction of sp³-hybridized carbons (Fsp3) is 0.471. The first kappa shape index (κ1) is 13.2. The average molecular weight is 271 g/mol. The number of aryl methyl sites for hydroxylation is 1. The lowest BCUT2D eigenvalue weighted by Gasteiger charge is -2.25. The Hall–Kier alpha value is -1.77. The van der Waals surface area contributed by atoms with Crippen LogP contribution >= 0.6 is 0 Å². The van der Waals surface area contributed by atoms with Gasteiger partial charge in [0.15, 0.2) is 0 Å². The molecule has 1 aromatic carbocycles. The zero-order valence-corrected chi connectivity index (χ0v) is 12.3. The summed E-state index contributed by atoms with van der Waals surface area (Å²) in [5, 5.41) is 1.31. The smallest absolute Gasteiger partial charge is 0.306 e. The van der Waals surface area contributed by atoms with Crippen LogP contribution in [0.3, 0.4) is 0 Å². The molecule has 0 bridgehead atoms. The van der Waals surface area contributed by atoms with Gasteiger partial charge >= 0.3 is 5.97 Å². The molecule has 0 amide bonds. The summed E-state index contributed by atoms with van der Waals surface area (Å²) in [4.78, 5) is 15.4. The lowest BCUT2D eigenvalue weighted by atomic mass is 9.82. The van der Waals surface area contributed by atoms with Crippen LogP contribution in [0.2, 0.25) is 0 Å². The van der Waals surface area contributed by atoms with Crippen LogP contribution in [0, 0.1) is 0 Å². The van der Waals surface area contributed by atoms with Gasteiger partial charge in [0, 0.05) is 17.1 Å². The number of nitrogens with one attached hydrogen (secondary N) is 1. The lowest BCUT2D eigenvalue weighted by molar-refractivity contribution is -0.155. The number of esters is 1. The van der Waals surface area contributed by atoms with Crippen molar-refractivity contribution >= 4 is 16.9 Å². The molecule has 1 aromatic heterocycles. The van der Waals surface area contributed by atoms with Crippen LogP contribution < -0.4 is 0 Å². The fourth-order valence-electron chi connectivity index (χ4n) is 3.10. The lowest BCUT2D eigenvalue weighted by Crippen LogP contribution is -2.25. The number of aromatic nitrogens is 1. The van der Waals surface area contributed by atoms with E-state index in [0.717, 1.165) is 12.8 Å². The first-order chi connectivity index (χ1) is 9.44. The number of carbonyl (C=O) groups is 1. The zero-order valence-electron chi connectivity index (χ0n) is 12.3. The predicted octanol–water partition coefficient (Wildman–Crippen LogP) is 3.93. The maximum absolute atomic E-state index is 12.1. The van der Waals surface area contributed by atoms with Gasteiger partial charge < -0.3 is 9.72 Å². The summed E-state index contributed by atoms with van der Waals surface area (Å²) < 4.78 is 5.46. The molecule has 0 saturated heterocycles. The van der Waals surface area contributed by atoms with Crippen molar-refractivity contribution in [2.24, 2.45) is 0 Å². The van der Waals surface area contributed by atoms with Crippen LogP contribution in [0.1, 0.15) is 50.7 Å². The van der Waals surface area contributed by atoms with E-state index in [-0.39, 0.29) is 11.9 Å². The van der Waals surface area contributed by atoms with Crippen molar-refractivity contribution in [2.75, 3.05) is 0 Å². The van der Waals surface area contributed by atoms with Gasteiger partial charge in [-0.05, 0) is 56.7 Å². The molecule has 106 valence electrons. The maximum atomic E-state index is 12.1. The Morgan fingerprint density at radius 2 is 2.20 bits per heavy atom. The second-order valence-corrected chi connectivity index (χ2v) is 6.61. The number of hydrogen-bond donors (Lipinski definition) is 1. The maximum Gasteiger partial charge on any atom is 0.306 e. The summed E-state index contributed by atoms with van der Waals surface area (Å²) in [6, 6.07) is 6.30. The van der Waals surface area contributed by atoms with Crippen LogP contribution in [0.5, 0.6) is 0 Å². The molecular formula is C17H21NO2. The second-order valence-electron chi connectivity index (χ2n) is 6.61. The van der Waals surface area contributed by atoms with Gasteiger partial charge in [0.05, 0.1) is 6.42 Å². The molecular weight excluding hydrogens is 250 g/mol. The summed E-state index contributed by atoms with van der Waals surface area (Å²) in [5.74, 6) is 0.176. The van der Waals surface area contributed by atoms with Gasteiger partial charge in [-0.3, -0.25) is 4.79 Å². The molecule has 0 radical (unpaired) electrons. The highest BCUT2D eigenvalue weighted by Crippen LogP contribution is 2.38. The molecule has 0 saturated carbocycles. The number of carbonyl (C=O) groups excluding carboxylic acids is 1. The van der Waals surface area contributed by atoms with E-state index in [1.807, 2.05) is 20.8 Å². The minimum atomic E-state index is -0.406. The van der Waals surface area contributed by atoms with Gasteiger partial charge in [0.25, 0.3) is 0 Å². The molecule has 1 aliphatic rings. The molecule has 1 N–H and O–H groups in total. The molecule has 0 spiro atoms. The monoisotopic (exact) mass is 271 g/mol. The topological polar surface area (TPSA) is 42.1 Å². The third kappa shape index (κ3) is 2.45. The third-order valence-corrected chi connectivity index (χ3v) is 3.85. The van der Waals surface area contributed by atoms with Gasteiger partial charge in [-0.1, -0.05) is 12.1 Å². The molecule has 1 heterocycles. The number of H-pyrrole nitrogens is 1. The molecule has 20 heavy (non-hydrogen) atoms. The van der Waals surface area contributed by atoms with Gasteiger partial charge in [-0.15, -0.1) is 0 Å².